The van der Waals surface area contributed by atoms with Crippen molar-refractivity contribution in [2.45, 2.75) is 399 Å². The maximum Gasteiger partial charge on any atom is 0.306 e. The lowest BCUT2D eigenvalue weighted by molar-refractivity contribution is -0.167. The number of esters is 3. The molecule has 484 valence electrons. The highest BCUT2D eigenvalue weighted by molar-refractivity contribution is 5.71. The number of allylic oxidation sites excluding steroid dienone is 10. The molecule has 0 rings (SSSR count). The van der Waals surface area contributed by atoms with Crippen LogP contribution in [0.25, 0.3) is 0 Å². The highest BCUT2D eigenvalue weighted by Crippen LogP contribution is 2.19. The van der Waals surface area contributed by atoms with Gasteiger partial charge in [0.1, 0.15) is 13.2 Å². The first-order valence-corrected chi connectivity index (χ1v) is 36.8. The predicted octanol–water partition coefficient (Wildman–Crippen LogP) is 25.5. The van der Waals surface area contributed by atoms with Gasteiger partial charge in [0.25, 0.3) is 0 Å². The molecule has 0 amide bonds. The number of carbonyl (C=O) groups excluding carboxylic acids is 3. The van der Waals surface area contributed by atoms with Crippen LogP contribution in [0.4, 0.5) is 0 Å². The monoisotopic (exact) mass is 1160 g/mol. The molecule has 6 nitrogen and oxygen atoms in total. The molecule has 0 saturated heterocycles. The Kier molecular flexibility index (Phi) is 69.1. The second-order valence-corrected chi connectivity index (χ2v) is 24.8. The summed E-state index contributed by atoms with van der Waals surface area (Å²) in [7, 11) is 0. The van der Waals surface area contributed by atoms with Crippen LogP contribution < -0.4 is 0 Å². The van der Waals surface area contributed by atoms with Crippen molar-refractivity contribution in [1.29, 1.82) is 0 Å². The molecule has 0 bridgehead atoms. The highest BCUT2D eigenvalue weighted by Gasteiger charge is 2.19. The summed E-state index contributed by atoms with van der Waals surface area (Å²) in [6, 6.07) is 0. The van der Waals surface area contributed by atoms with E-state index in [0.29, 0.717) is 19.3 Å². The molecule has 6 heteroatoms. The van der Waals surface area contributed by atoms with E-state index in [1.54, 1.807) is 0 Å². The molecule has 0 fully saturated rings. The first-order chi connectivity index (χ1) is 41.0. The molecule has 0 aromatic heterocycles. The van der Waals surface area contributed by atoms with Crippen molar-refractivity contribution >= 4 is 17.9 Å². The van der Waals surface area contributed by atoms with Gasteiger partial charge in [-0.15, -0.1) is 0 Å². The lowest BCUT2D eigenvalue weighted by Gasteiger charge is -2.18. The third-order valence-corrected chi connectivity index (χ3v) is 16.5. The van der Waals surface area contributed by atoms with Crippen LogP contribution >= 0.6 is 0 Å². The van der Waals surface area contributed by atoms with Gasteiger partial charge in [0.05, 0.1) is 0 Å². The van der Waals surface area contributed by atoms with Gasteiger partial charge in [-0.1, -0.05) is 351 Å². The molecule has 1 atom stereocenters. The van der Waals surface area contributed by atoms with Gasteiger partial charge in [-0.05, 0) is 83.5 Å². The lowest BCUT2D eigenvalue weighted by Crippen LogP contribution is -2.30. The number of hydrogen-bond donors (Lipinski definition) is 0. The van der Waals surface area contributed by atoms with Crippen molar-refractivity contribution in [2.75, 3.05) is 13.2 Å². The second kappa shape index (κ2) is 71.6. The average Bonchev–Trinajstić information content (AvgIpc) is 3.49. The molecule has 1 unspecified atom stereocenters. The zero-order valence-corrected chi connectivity index (χ0v) is 55.7. The maximum absolute atomic E-state index is 12.9. The van der Waals surface area contributed by atoms with Crippen LogP contribution in [-0.4, -0.2) is 37.2 Å². The predicted molar refractivity (Wildman–Crippen MR) is 362 cm³/mol. The lowest BCUT2D eigenvalue weighted by atomic mass is 10.0. The van der Waals surface area contributed by atoms with Crippen LogP contribution in [0.1, 0.15) is 393 Å². The summed E-state index contributed by atoms with van der Waals surface area (Å²) in [6.45, 7) is 6.57. The summed E-state index contributed by atoms with van der Waals surface area (Å²) >= 11 is 0. The van der Waals surface area contributed by atoms with E-state index in [1.165, 1.54) is 270 Å². The molecular formula is C77H140O6. The highest BCUT2D eigenvalue weighted by atomic mass is 16.6. The Hall–Kier alpha value is -2.89. The zero-order chi connectivity index (χ0) is 59.9. The Bertz CT molecular complexity index is 1470. The Balaban J connectivity index is 4.02. The Morgan fingerprint density at radius 3 is 0.747 bits per heavy atom. The number of ether oxygens (including phenoxy) is 3. The molecule has 0 radical (unpaired) electrons. The van der Waals surface area contributed by atoms with Gasteiger partial charge in [0, 0.05) is 19.3 Å². The van der Waals surface area contributed by atoms with Crippen molar-refractivity contribution in [3.05, 3.63) is 60.8 Å². The fourth-order valence-corrected chi connectivity index (χ4v) is 11.0. The van der Waals surface area contributed by atoms with Crippen molar-refractivity contribution in [3.63, 3.8) is 0 Å². The van der Waals surface area contributed by atoms with Crippen molar-refractivity contribution < 1.29 is 28.6 Å². The molecule has 0 heterocycles. The van der Waals surface area contributed by atoms with Crippen LogP contribution in [0.15, 0.2) is 60.8 Å². The van der Waals surface area contributed by atoms with Gasteiger partial charge >= 0.3 is 17.9 Å². The molecule has 0 aliphatic carbocycles. The quantitative estimate of drug-likeness (QED) is 0.0261. The van der Waals surface area contributed by atoms with Crippen LogP contribution in [0.2, 0.25) is 0 Å². The number of carbonyl (C=O) groups is 3. The van der Waals surface area contributed by atoms with Crippen LogP contribution in [0, 0.1) is 0 Å². The van der Waals surface area contributed by atoms with E-state index in [-0.39, 0.29) is 31.1 Å². The van der Waals surface area contributed by atoms with E-state index < -0.39 is 6.10 Å². The Labute approximate surface area is 517 Å². The Morgan fingerprint density at radius 2 is 0.470 bits per heavy atom. The summed E-state index contributed by atoms with van der Waals surface area (Å²) in [5, 5.41) is 0. The van der Waals surface area contributed by atoms with Crippen LogP contribution in [0.5, 0.6) is 0 Å². The molecule has 0 saturated carbocycles. The molecule has 0 spiro atoms. The van der Waals surface area contributed by atoms with E-state index in [2.05, 4.69) is 81.5 Å². The van der Waals surface area contributed by atoms with E-state index in [4.69, 9.17) is 14.2 Å². The van der Waals surface area contributed by atoms with Crippen molar-refractivity contribution in [3.8, 4) is 0 Å². The standard InChI is InChI=1S/C77H140O6/c1-4-7-10-13-16-19-21-23-25-27-29-31-32-33-34-35-36-37-38-39-40-41-42-43-44-46-47-49-51-53-55-58-61-64-67-70-76(79)82-73-74(72-81-75(78)69-66-63-60-57-18-15-12-9-6-3)83-77(80)71-68-65-62-59-56-54-52-50-48-45-30-28-26-24-22-20-17-14-11-8-5-2/h7,10,16,19,23,25,28-31,74H,4-6,8-9,11-15,17-18,20-22,24,26-27,32-73H2,1-3H3/b10-7-,19-16-,25-23-,30-28-,31-29-. The minimum Gasteiger partial charge on any atom is -0.462 e. The second-order valence-electron chi connectivity index (χ2n) is 24.8. The fourth-order valence-electron chi connectivity index (χ4n) is 11.0. The Morgan fingerprint density at radius 1 is 0.253 bits per heavy atom. The minimum absolute atomic E-state index is 0.0681. The molecule has 0 aliphatic heterocycles. The first kappa shape index (κ1) is 80.1. The van der Waals surface area contributed by atoms with Gasteiger partial charge in [-0.25, -0.2) is 0 Å². The fraction of sp³-hybridized carbons (Fsp3) is 0.831. The smallest absolute Gasteiger partial charge is 0.306 e. The number of rotatable bonds is 68. The van der Waals surface area contributed by atoms with Crippen LogP contribution in [0.3, 0.4) is 0 Å². The number of unbranched alkanes of at least 4 members (excludes halogenated alkanes) is 47. The average molecular weight is 1160 g/mol. The van der Waals surface area contributed by atoms with Crippen molar-refractivity contribution in [2.24, 2.45) is 0 Å². The molecule has 83 heavy (non-hydrogen) atoms. The summed E-state index contributed by atoms with van der Waals surface area (Å²) in [5.74, 6) is -0.846. The maximum atomic E-state index is 12.9. The van der Waals surface area contributed by atoms with Crippen molar-refractivity contribution in [1.82, 2.24) is 0 Å². The molecule has 0 aromatic rings. The third kappa shape index (κ3) is 69.8. The zero-order valence-electron chi connectivity index (χ0n) is 55.7. The molecule has 0 aromatic carbocycles. The van der Waals surface area contributed by atoms with Gasteiger partial charge in [-0.2, -0.15) is 0 Å². The molecular weight excluding hydrogens is 1020 g/mol. The van der Waals surface area contributed by atoms with Gasteiger partial charge < -0.3 is 14.2 Å². The minimum atomic E-state index is -0.770. The van der Waals surface area contributed by atoms with E-state index >= 15 is 0 Å². The van der Waals surface area contributed by atoms with E-state index in [9.17, 15) is 14.4 Å². The van der Waals surface area contributed by atoms with Gasteiger partial charge in [0.2, 0.25) is 0 Å². The van der Waals surface area contributed by atoms with Gasteiger partial charge in [0.15, 0.2) is 6.10 Å². The largest absolute Gasteiger partial charge is 0.462 e. The summed E-state index contributed by atoms with van der Waals surface area (Å²) < 4.78 is 16.9. The molecule has 0 aliphatic rings. The number of hydrogen-bond acceptors (Lipinski definition) is 6. The van der Waals surface area contributed by atoms with E-state index in [1.807, 2.05) is 0 Å². The normalized spacial score (nSPS) is 12.4. The third-order valence-electron chi connectivity index (χ3n) is 16.5. The molecule has 0 N–H and O–H groups in total. The van der Waals surface area contributed by atoms with Crippen LogP contribution in [-0.2, 0) is 28.6 Å². The topological polar surface area (TPSA) is 78.9 Å². The summed E-state index contributed by atoms with van der Waals surface area (Å²) in [4.78, 5) is 38.3. The summed E-state index contributed by atoms with van der Waals surface area (Å²) in [5.41, 5.74) is 0. The van der Waals surface area contributed by atoms with Gasteiger partial charge in [-0.3, -0.25) is 14.4 Å². The first-order valence-electron chi connectivity index (χ1n) is 36.8. The summed E-state index contributed by atoms with van der Waals surface area (Å²) in [6.07, 6.45) is 92.9. The van der Waals surface area contributed by atoms with E-state index in [0.717, 1.165) is 83.5 Å². The SMILES string of the molecule is CC/C=C\C/C=C\C/C=C\C/C=C\CCCCCCCCCCCCCCCCCCCCCCCCC(=O)OCC(COC(=O)CCCCCCCCCCC)OC(=O)CCCCCCCCCCC/C=C\CCCCCCCCCC.